The predicted octanol–water partition coefficient (Wildman–Crippen LogP) is 6.20. The Balaban J connectivity index is 1.84. The normalized spacial score (nSPS) is 20.0. The molecule has 1 unspecified atom stereocenters. The molecule has 0 spiro atoms. The van der Waals surface area contributed by atoms with E-state index in [1.165, 1.54) is 14.2 Å². The maximum absolute atomic E-state index is 13.7. The Morgan fingerprint density at radius 1 is 1.14 bits per heavy atom. The number of ether oxygens (including phenoxy) is 2. The van der Waals surface area contributed by atoms with Gasteiger partial charge in [0.1, 0.15) is 0 Å². The molecule has 1 N–H and O–H groups in total. The first-order valence-corrected chi connectivity index (χ1v) is 11.6. The number of benzene rings is 2. The largest absolute Gasteiger partial charge is 0.493 e. The van der Waals surface area contributed by atoms with E-state index in [9.17, 15) is 22.8 Å². The van der Waals surface area contributed by atoms with Gasteiger partial charge in [-0.3, -0.25) is 14.6 Å². The van der Waals surface area contributed by atoms with Crippen LogP contribution in [0.2, 0.25) is 5.02 Å². The first-order valence-electron chi connectivity index (χ1n) is 11.3. The molecule has 0 aromatic heterocycles. The number of amides is 1. The summed E-state index contributed by atoms with van der Waals surface area (Å²) in [6.45, 7) is 1.67. The molecular weight excluding hydrogens is 497 g/mol. The van der Waals surface area contributed by atoms with Crippen LogP contribution in [-0.4, -0.2) is 31.6 Å². The van der Waals surface area contributed by atoms with Crippen molar-refractivity contribution in [2.24, 2.45) is 10.9 Å². The molecule has 0 radical (unpaired) electrons. The zero-order valence-electron chi connectivity index (χ0n) is 19.8. The summed E-state index contributed by atoms with van der Waals surface area (Å²) in [5, 5.41) is 2.49. The van der Waals surface area contributed by atoms with E-state index in [-0.39, 0.29) is 16.5 Å². The Morgan fingerprint density at radius 3 is 2.56 bits per heavy atom. The second-order valence-corrected chi connectivity index (χ2v) is 9.02. The summed E-state index contributed by atoms with van der Waals surface area (Å²) < 4.78 is 50.9. The van der Waals surface area contributed by atoms with Crippen molar-refractivity contribution in [2.45, 2.75) is 38.3 Å². The molecule has 2 aromatic rings. The van der Waals surface area contributed by atoms with Crippen molar-refractivity contribution in [1.29, 1.82) is 0 Å². The number of allylic oxidation sites excluding steroid dienone is 2. The summed E-state index contributed by atoms with van der Waals surface area (Å²) in [6.07, 6.45) is -3.08. The zero-order chi connectivity index (χ0) is 26.2. The van der Waals surface area contributed by atoms with Crippen LogP contribution in [0.4, 0.5) is 18.9 Å². The summed E-state index contributed by atoms with van der Waals surface area (Å²) in [5.74, 6) is -1.77. The number of nitrogens with one attached hydrogen (secondary N) is 1. The minimum Gasteiger partial charge on any atom is -0.493 e. The molecule has 0 saturated carbocycles. The number of para-hydroxylation sites is 1. The molecule has 2 aliphatic rings. The first-order chi connectivity index (χ1) is 17.1. The number of hydrogen-bond acceptors (Lipinski definition) is 5. The second-order valence-electron chi connectivity index (χ2n) is 8.61. The van der Waals surface area contributed by atoms with Crippen LogP contribution in [0.1, 0.15) is 43.2 Å². The number of methoxy groups -OCH3 is 2. The lowest BCUT2D eigenvalue weighted by Gasteiger charge is -2.35. The number of alkyl halides is 3. The number of halogens is 4. The third-order valence-corrected chi connectivity index (χ3v) is 6.77. The van der Waals surface area contributed by atoms with Crippen LogP contribution in [0.5, 0.6) is 11.5 Å². The molecule has 6 nitrogen and oxygen atoms in total. The standard InChI is InChI=1S/C26H24ClF3N2O4/c1-13-21(25(34)32-18-12-14(26(28,29)30)10-11-16(18)27)22(23-17(31-13)7-5-8-19(23)33)15-6-4-9-20(35-2)24(15)36-3/h4,6,9-12,21-22H,5,7-8H2,1-3H3,(H,32,34)/t21?,22-/m0/s1. The van der Waals surface area contributed by atoms with Crippen LogP contribution in [0, 0.1) is 5.92 Å². The number of hydrogen-bond donors (Lipinski definition) is 1. The SMILES string of the molecule is COc1cccc([C@@H]2C3=C(CCCC3=O)N=C(C)C2C(=O)Nc2cc(C(F)(F)F)ccc2Cl)c1OC. The lowest BCUT2D eigenvalue weighted by atomic mass is 9.71. The number of ketones is 1. The number of carbonyl (C=O) groups is 2. The highest BCUT2D eigenvalue weighted by atomic mass is 35.5. The Hall–Kier alpha value is -3.33. The number of rotatable bonds is 5. The summed E-state index contributed by atoms with van der Waals surface area (Å²) in [5.41, 5.74) is 0.863. The van der Waals surface area contributed by atoms with Gasteiger partial charge >= 0.3 is 6.18 Å². The van der Waals surface area contributed by atoms with E-state index in [1.54, 1.807) is 25.1 Å². The first kappa shape index (κ1) is 25.8. The molecule has 1 aliphatic heterocycles. The Morgan fingerprint density at radius 2 is 1.89 bits per heavy atom. The molecule has 1 aliphatic carbocycles. The van der Waals surface area contributed by atoms with Crippen LogP contribution in [-0.2, 0) is 15.8 Å². The fourth-order valence-electron chi connectivity index (χ4n) is 4.85. The zero-order valence-corrected chi connectivity index (χ0v) is 20.6. The van der Waals surface area contributed by atoms with E-state index in [2.05, 4.69) is 10.3 Å². The van der Waals surface area contributed by atoms with Crippen LogP contribution in [0.3, 0.4) is 0 Å². The molecule has 10 heteroatoms. The van der Waals surface area contributed by atoms with Gasteiger partial charge in [0, 0.05) is 34.9 Å². The van der Waals surface area contributed by atoms with Crippen molar-refractivity contribution in [1.82, 2.24) is 0 Å². The highest BCUT2D eigenvalue weighted by molar-refractivity contribution is 6.34. The molecule has 0 saturated heterocycles. The number of nitrogens with zero attached hydrogens (tertiary/aromatic N) is 1. The van der Waals surface area contributed by atoms with Gasteiger partial charge in [-0.1, -0.05) is 23.7 Å². The second kappa shape index (κ2) is 9.97. The van der Waals surface area contributed by atoms with Crippen molar-refractivity contribution in [2.75, 3.05) is 19.5 Å². The average molecular weight is 521 g/mol. The van der Waals surface area contributed by atoms with E-state index in [0.717, 1.165) is 18.2 Å². The van der Waals surface area contributed by atoms with Crippen LogP contribution in [0.15, 0.2) is 52.7 Å². The Bertz CT molecular complexity index is 1290. The molecule has 2 aromatic carbocycles. The number of Topliss-reactive ketones (excluding diaryl/α,β-unsaturated/α-hetero) is 1. The molecule has 2 atom stereocenters. The molecule has 0 bridgehead atoms. The van der Waals surface area contributed by atoms with E-state index in [1.807, 2.05) is 0 Å². The van der Waals surface area contributed by atoms with E-state index >= 15 is 0 Å². The maximum Gasteiger partial charge on any atom is 0.416 e. The van der Waals surface area contributed by atoms with Crippen molar-refractivity contribution >= 4 is 34.7 Å². The summed E-state index contributed by atoms with van der Waals surface area (Å²) in [6, 6.07) is 7.87. The minimum absolute atomic E-state index is 0.0501. The maximum atomic E-state index is 13.7. The number of carbonyl (C=O) groups excluding carboxylic acids is 2. The van der Waals surface area contributed by atoms with Gasteiger partial charge in [-0.2, -0.15) is 13.2 Å². The van der Waals surface area contributed by atoms with Gasteiger partial charge in [-0.05, 0) is 44.0 Å². The van der Waals surface area contributed by atoms with Crippen LogP contribution in [0.25, 0.3) is 0 Å². The molecule has 36 heavy (non-hydrogen) atoms. The molecule has 1 heterocycles. The minimum atomic E-state index is -4.61. The van der Waals surface area contributed by atoms with E-state index in [4.69, 9.17) is 21.1 Å². The van der Waals surface area contributed by atoms with E-state index in [0.29, 0.717) is 53.3 Å². The van der Waals surface area contributed by atoms with Crippen molar-refractivity contribution < 1.29 is 32.2 Å². The molecule has 190 valence electrons. The van der Waals surface area contributed by atoms with Crippen molar-refractivity contribution in [3.05, 3.63) is 63.8 Å². The van der Waals surface area contributed by atoms with Crippen LogP contribution < -0.4 is 14.8 Å². The predicted molar refractivity (Wildman–Crippen MR) is 130 cm³/mol. The lowest BCUT2D eigenvalue weighted by molar-refractivity contribution is -0.137. The third kappa shape index (κ3) is 4.72. The number of aliphatic imine (C=N–C) groups is 1. The average Bonchev–Trinajstić information content (AvgIpc) is 2.83. The van der Waals surface area contributed by atoms with Crippen molar-refractivity contribution in [3.8, 4) is 11.5 Å². The van der Waals surface area contributed by atoms with Crippen LogP contribution >= 0.6 is 11.6 Å². The lowest BCUT2D eigenvalue weighted by Crippen LogP contribution is -2.39. The van der Waals surface area contributed by atoms with Crippen molar-refractivity contribution in [3.63, 3.8) is 0 Å². The Labute approximate surface area is 211 Å². The van der Waals surface area contributed by atoms with Gasteiger partial charge in [0.25, 0.3) is 0 Å². The molecule has 1 amide bonds. The fraction of sp³-hybridized carbons (Fsp3) is 0.346. The van der Waals surface area contributed by atoms with Gasteiger partial charge in [0.15, 0.2) is 17.3 Å². The smallest absolute Gasteiger partial charge is 0.416 e. The summed E-state index contributed by atoms with van der Waals surface area (Å²) >= 11 is 6.13. The fourth-order valence-corrected chi connectivity index (χ4v) is 5.01. The molecule has 0 fully saturated rings. The van der Waals surface area contributed by atoms with Gasteiger partial charge in [-0.15, -0.1) is 0 Å². The van der Waals surface area contributed by atoms with Gasteiger partial charge < -0.3 is 14.8 Å². The quantitative estimate of drug-likeness (QED) is 0.509. The monoisotopic (exact) mass is 520 g/mol. The molecule has 4 rings (SSSR count). The van der Waals surface area contributed by atoms with Gasteiger partial charge in [0.05, 0.1) is 36.4 Å². The highest BCUT2D eigenvalue weighted by Crippen LogP contribution is 2.48. The Kier molecular flexibility index (Phi) is 7.13. The molecular formula is C26H24ClF3N2O4. The third-order valence-electron chi connectivity index (χ3n) is 6.44. The summed E-state index contributed by atoms with van der Waals surface area (Å²) in [7, 11) is 2.94. The topological polar surface area (TPSA) is 77.0 Å². The number of anilines is 1. The van der Waals surface area contributed by atoms with Gasteiger partial charge in [0.2, 0.25) is 5.91 Å². The van der Waals surface area contributed by atoms with E-state index < -0.39 is 29.5 Å². The van der Waals surface area contributed by atoms with Gasteiger partial charge in [-0.25, -0.2) is 0 Å². The summed E-state index contributed by atoms with van der Waals surface area (Å²) in [4.78, 5) is 31.4. The highest BCUT2D eigenvalue weighted by Gasteiger charge is 2.44.